The summed E-state index contributed by atoms with van der Waals surface area (Å²) in [5.74, 6) is 7.15. The molecule has 0 amide bonds. The molecule has 0 radical (unpaired) electrons. The SMILES string of the molecule is Cc1cc2c(cc1CCC1C3CC4CC(C3)CC1C4)OCO2. The van der Waals surface area contributed by atoms with E-state index in [1.165, 1.54) is 49.7 Å². The summed E-state index contributed by atoms with van der Waals surface area (Å²) in [4.78, 5) is 0. The molecule has 0 aromatic heterocycles. The van der Waals surface area contributed by atoms with Crippen molar-refractivity contribution in [3.63, 3.8) is 0 Å². The van der Waals surface area contributed by atoms with Crippen LogP contribution in [0.1, 0.15) is 49.7 Å². The first-order valence-corrected chi connectivity index (χ1v) is 9.15. The van der Waals surface area contributed by atoms with Crippen LogP contribution in [0.25, 0.3) is 0 Å². The summed E-state index contributed by atoms with van der Waals surface area (Å²) in [5, 5.41) is 0. The summed E-state index contributed by atoms with van der Waals surface area (Å²) in [5.41, 5.74) is 2.84. The van der Waals surface area contributed by atoms with Gasteiger partial charge in [-0.3, -0.25) is 0 Å². The van der Waals surface area contributed by atoms with Crippen LogP contribution < -0.4 is 9.47 Å². The molecular formula is C20H26O2. The normalized spacial score (nSPS) is 37.8. The first kappa shape index (κ1) is 13.3. The number of aryl methyl sites for hydroxylation is 2. The van der Waals surface area contributed by atoms with E-state index < -0.39 is 0 Å². The Hall–Kier alpha value is -1.18. The van der Waals surface area contributed by atoms with Crippen molar-refractivity contribution in [2.75, 3.05) is 6.79 Å². The summed E-state index contributed by atoms with van der Waals surface area (Å²) < 4.78 is 11.0. The van der Waals surface area contributed by atoms with Gasteiger partial charge in [0, 0.05) is 0 Å². The number of rotatable bonds is 3. The number of hydrogen-bond acceptors (Lipinski definition) is 2. The Morgan fingerprint density at radius 3 is 2.23 bits per heavy atom. The zero-order valence-corrected chi connectivity index (χ0v) is 13.5. The molecule has 0 spiro atoms. The summed E-state index contributed by atoms with van der Waals surface area (Å²) in [6.45, 7) is 2.60. The molecule has 0 saturated heterocycles. The minimum atomic E-state index is 0.383. The van der Waals surface area contributed by atoms with E-state index in [1.54, 1.807) is 6.42 Å². The van der Waals surface area contributed by atoms with Crippen LogP contribution in [0.5, 0.6) is 11.5 Å². The molecule has 118 valence electrons. The molecule has 4 aliphatic carbocycles. The Bertz CT molecular complexity index is 564. The molecule has 4 bridgehead atoms. The van der Waals surface area contributed by atoms with Crippen LogP contribution in [0, 0.1) is 36.5 Å². The Morgan fingerprint density at radius 1 is 0.909 bits per heavy atom. The van der Waals surface area contributed by atoms with Crippen LogP contribution in [-0.2, 0) is 6.42 Å². The standard InChI is InChI=1S/C20H26O2/c1-12-4-19-20(22-11-21-19)10-15(12)2-3-18-16-6-13-5-14(8-16)9-17(18)7-13/h4,10,13-14,16-18H,2-3,5-9,11H2,1H3. The fourth-order valence-electron chi connectivity index (χ4n) is 6.19. The molecule has 0 atom stereocenters. The van der Waals surface area contributed by atoms with Gasteiger partial charge in [-0.25, -0.2) is 0 Å². The molecule has 1 aliphatic heterocycles. The average molecular weight is 298 g/mol. The molecule has 4 saturated carbocycles. The lowest BCUT2D eigenvalue weighted by Crippen LogP contribution is -2.45. The molecule has 1 heterocycles. The lowest BCUT2D eigenvalue weighted by Gasteiger charge is -2.54. The molecule has 0 N–H and O–H groups in total. The van der Waals surface area contributed by atoms with Gasteiger partial charge in [-0.15, -0.1) is 0 Å². The van der Waals surface area contributed by atoms with E-state index in [9.17, 15) is 0 Å². The highest BCUT2D eigenvalue weighted by atomic mass is 16.7. The van der Waals surface area contributed by atoms with Gasteiger partial charge < -0.3 is 9.47 Å². The lowest BCUT2D eigenvalue weighted by atomic mass is 9.51. The topological polar surface area (TPSA) is 18.5 Å². The molecule has 5 aliphatic rings. The zero-order chi connectivity index (χ0) is 14.7. The Balaban J connectivity index is 1.31. The Morgan fingerprint density at radius 2 is 1.55 bits per heavy atom. The van der Waals surface area contributed by atoms with E-state index in [2.05, 4.69) is 19.1 Å². The summed E-state index contributed by atoms with van der Waals surface area (Å²) in [7, 11) is 0. The minimum Gasteiger partial charge on any atom is -0.454 e. The second-order valence-electron chi connectivity index (χ2n) is 8.27. The first-order chi connectivity index (χ1) is 10.8. The lowest BCUT2D eigenvalue weighted by molar-refractivity contribution is -0.0394. The highest BCUT2D eigenvalue weighted by molar-refractivity contribution is 5.48. The van der Waals surface area contributed by atoms with Gasteiger partial charge in [0.15, 0.2) is 11.5 Å². The van der Waals surface area contributed by atoms with Crippen LogP contribution in [0.4, 0.5) is 0 Å². The number of benzene rings is 1. The van der Waals surface area contributed by atoms with Gasteiger partial charge >= 0.3 is 0 Å². The average Bonchev–Trinajstić information content (AvgIpc) is 2.92. The quantitative estimate of drug-likeness (QED) is 0.803. The minimum absolute atomic E-state index is 0.383. The Kier molecular flexibility index (Phi) is 2.96. The fourth-order valence-corrected chi connectivity index (χ4v) is 6.19. The van der Waals surface area contributed by atoms with Crippen LogP contribution >= 0.6 is 0 Å². The molecular weight excluding hydrogens is 272 g/mol. The maximum Gasteiger partial charge on any atom is 0.231 e. The number of fused-ring (bicyclic) bond motifs is 1. The van der Waals surface area contributed by atoms with Crippen molar-refractivity contribution in [1.82, 2.24) is 0 Å². The second-order valence-corrected chi connectivity index (χ2v) is 8.27. The van der Waals surface area contributed by atoms with Crippen molar-refractivity contribution in [3.05, 3.63) is 23.3 Å². The summed E-state index contributed by atoms with van der Waals surface area (Å²) in [6, 6.07) is 4.39. The monoisotopic (exact) mass is 298 g/mol. The maximum absolute atomic E-state index is 5.56. The predicted octanol–water partition coefficient (Wildman–Crippen LogP) is 4.73. The number of ether oxygens (including phenoxy) is 2. The smallest absolute Gasteiger partial charge is 0.231 e. The van der Waals surface area contributed by atoms with Gasteiger partial charge in [-0.1, -0.05) is 0 Å². The van der Waals surface area contributed by atoms with E-state index in [4.69, 9.17) is 9.47 Å². The van der Waals surface area contributed by atoms with Gasteiger partial charge in [-0.2, -0.15) is 0 Å². The first-order valence-electron chi connectivity index (χ1n) is 9.15. The largest absolute Gasteiger partial charge is 0.454 e. The van der Waals surface area contributed by atoms with Gasteiger partial charge in [-0.05, 0) is 105 Å². The zero-order valence-electron chi connectivity index (χ0n) is 13.5. The van der Waals surface area contributed by atoms with Gasteiger partial charge in [0.2, 0.25) is 6.79 Å². The van der Waals surface area contributed by atoms with Gasteiger partial charge in [0.25, 0.3) is 0 Å². The third-order valence-electron chi connectivity index (χ3n) is 7.00. The molecule has 6 rings (SSSR count). The van der Waals surface area contributed by atoms with Crippen LogP contribution in [-0.4, -0.2) is 6.79 Å². The van der Waals surface area contributed by atoms with E-state index in [0.29, 0.717) is 6.79 Å². The molecule has 2 heteroatoms. The van der Waals surface area contributed by atoms with Crippen molar-refractivity contribution in [1.29, 1.82) is 0 Å². The van der Waals surface area contributed by atoms with Crippen molar-refractivity contribution in [2.45, 2.75) is 51.9 Å². The third kappa shape index (κ3) is 2.06. The van der Waals surface area contributed by atoms with E-state index in [-0.39, 0.29) is 0 Å². The molecule has 1 aromatic rings. The van der Waals surface area contributed by atoms with Crippen LogP contribution in [0.15, 0.2) is 12.1 Å². The highest BCUT2D eigenvalue weighted by Crippen LogP contribution is 2.57. The van der Waals surface area contributed by atoms with E-state index in [0.717, 1.165) is 41.1 Å². The summed E-state index contributed by atoms with van der Waals surface area (Å²) in [6.07, 6.45) is 10.3. The van der Waals surface area contributed by atoms with Crippen molar-refractivity contribution in [2.24, 2.45) is 29.6 Å². The van der Waals surface area contributed by atoms with E-state index >= 15 is 0 Å². The van der Waals surface area contributed by atoms with Crippen LogP contribution in [0.2, 0.25) is 0 Å². The molecule has 2 nitrogen and oxygen atoms in total. The van der Waals surface area contributed by atoms with Crippen molar-refractivity contribution >= 4 is 0 Å². The molecule has 22 heavy (non-hydrogen) atoms. The maximum atomic E-state index is 5.56. The Labute approximate surface area is 133 Å². The van der Waals surface area contributed by atoms with Crippen molar-refractivity contribution in [3.8, 4) is 11.5 Å². The predicted molar refractivity (Wildman–Crippen MR) is 86.2 cm³/mol. The summed E-state index contributed by atoms with van der Waals surface area (Å²) >= 11 is 0. The molecule has 0 unspecified atom stereocenters. The number of hydrogen-bond donors (Lipinski definition) is 0. The van der Waals surface area contributed by atoms with Gasteiger partial charge in [0.1, 0.15) is 0 Å². The molecule has 4 fully saturated rings. The van der Waals surface area contributed by atoms with Crippen molar-refractivity contribution < 1.29 is 9.47 Å². The van der Waals surface area contributed by atoms with E-state index in [1.807, 2.05) is 0 Å². The highest BCUT2D eigenvalue weighted by Gasteiger charge is 2.47. The molecule has 1 aromatic carbocycles. The van der Waals surface area contributed by atoms with Crippen LogP contribution in [0.3, 0.4) is 0 Å². The second kappa shape index (κ2) is 4.91. The van der Waals surface area contributed by atoms with Gasteiger partial charge in [0.05, 0.1) is 0 Å². The fraction of sp³-hybridized carbons (Fsp3) is 0.700. The third-order valence-corrected chi connectivity index (χ3v) is 7.00.